The Balaban J connectivity index is 2.08. The van der Waals surface area contributed by atoms with Crippen LogP contribution >= 0.6 is 0 Å². The topological polar surface area (TPSA) is 90.9 Å². The van der Waals surface area contributed by atoms with E-state index in [1.165, 1.54) is 6.33 Å². The molecule has 0 spiro atoms. The Labute approximate surface area is 98.6 Å². The van der Waals surface area contributed by atoms with Gasteiger partial charge in [-0.05, 0) is 6.42 Å². The summed E-state index contributed by atoms with van der Waals surface area (Å²) in [4.78, 5) is 7.86. The maximum absolute atomic E-state index is 5.52. The molecule has 0 fully saturated rings. The van der Waals surface area contributed by atoms with Gasteiger partial charge in [0, 0.05) is 12.6 Å². The summed E-state index contributed by atoms with van der Waals surface area (Å²) in [5.74, 6) is 6.80. The van der Waals surface area contributed by atoms with Gasteiger partial charge in [0.15, 0.2) is 5.75 Å². The minimum Gasteiger partial charge on any atom is -0.436 e. The highest BCUT2D eigenvalue weighted by atomic mass is 16.5. The maximum atomic E-state index is 5.52. The van der Waals surface area contributed by atoms with E-state index in [0.29, 0.717) is 17.4 Å². The van der Waals surface area contributed by atoms with E-state index in [1.807, 2.05) is 10.9 Å². The van der Waals surface area contributed by atoms with E-state index < -0.39 is 0 Å². The number of nitrogens with two attached hydrogens (primary N) is 1. The molecule has 7 heteroatoms. The van der Waals surface area contributed by atoms with Crippen LogP contribution in [0.25, 0.3) is 0 Å². The maximum Gasteiger partial charge on any atom is 0.224 e. The predicted molar refractivity (Wildman–Crippen MR) is 62.4 cm³/mol. The van der Waals surface area contributed by atoms with Crippen LogP contribution in [0.3, 0.4) is 0 Å². The van der Waals surface area contributed by atoms with Crippen molar-refractivity contribution in [3.05, 3.63) is 24.8 Å². The van der Waals surface area contributed by atoms with Gasteiger partial charge in [0.2, 0.25) is 5.88 Å². The van der Waals surface area contributed by atoms with Gasteiger partial charge in [-0.2, -0.15) is 5.10 Å². The Morgan fingerprint density at radius 3 is 3.12 bits per heavy atom. The predicted octanol–water partition coefficient (Wildman–Crippen LogP) is 1.16. The van der Waals surface area contributed by atoms with Crippen LogP contribution in [-0.2, 0) is 6.54 Å². The van der Waals surface area contributed by atoms with Crippen molar-refractivity contribution in [3.8, 4) is 11.6 Å². The highest BCUT2D eigenvalue weighted by molar-refractivity contribution is 5.36. The van der Waals surface area contributed by atoms with E-state index in [0.717, 1.165) is 13.0 Å². The minimum absolute atomic E-state index is 0.420. The Morgan fingerprint density at radius 2 is 2.35 bits per heavy atom. The summed E-state index contributed by atoms with van der Waals surface area (Å²) < 4.78 is 7.34. The standard InChI is InChI=1S/C10H14N6O/c1-2-3-16-6-8(5-14-16)17-10-4-9(15-11)12-7-13-10/h4-7H,2-3,11H2,1H3,(H,12,13,15). The molecule has 0 aliphatic heterocycles. The number of hydrogen-bond donors (Lipinski definition) is 2. The molecule has 0 unspecified atom stereocenters. The highest BCUT2D eigenvalue weighted by Crippen LogP contribution is 2.19. The third-order valence-electron chi connectivity index (χ3n) is 2.07. The first-order valence-electron chi connectivity index (χ1n) is 5.30. The van der Waals surface area contributed by atoms with Crippen molar-refractivity contribution in [2.45, 2.75) is 19.9 Å². The molecule has 7 nitrogen and oxygen atoms in total. The third-order valence-corrected chi connectivity index (χ3v) is 2.07. The number of anilines is 1. The first kappa shape index (κ1) is 11.3. The molecule has 0 atom stereocenters. The molecule has 2 aromatic heterocycles. The lowest BCUT2D eigenvalue weighted by Crippen LogP contribution is -2.08. The van der Waals surface area contributed by atoms with Crippen molar-refractivity contribution in [2.24, 2.45) is 5.84 Å². The van der Waals surface area contributed by atoms with E-state index in [9.17, 15) is 0 Å². The van der Waals surface area contributed by atoms with Gasteiger partial charge in [-0.3, -0.25) is 4.68 Å². The van der Waals surface area contributed by atoms with Crippen molar-refractivity contribution >= 4 is 5.82 Å². The summed E-state index contributed by atoms with van der Waals surface area (Å²) in [6.07, 6.45) is 5.87. The van der Waals surface area contributed by atoms with Gasteiger partial charge >= 0.3 is 0 Å². The van der Waals surface area contributed by atoms with Crippen molar-refractivity contribution in [1.82, 2.24) is 19.7 Å². The molecule has 90 valence electrons. The lowest BCUT2D eigenvalue weighted by atomic mass is 10.5. The van der Waals surface area contributed by atoms with Crippen molar-refractivity contribution in [2.75, 3.05) is 5.43 Å². The smallest absolute Gasteiger partial charge is 0.224 e. The van der Waals surface area contributed by atoms with Crippen LogP contribution in [0.2, 0.25) is 0 Å². The Morgan fingerprint density at radius 1 is 1.47 bits per heavy atom. The number of aryl methyl sites for hydroxylation is 1. The summed E-state index contributed by atoms with van der Waals surface area (Å²) >= 11 is 0. The average molecular weight is 234 g/mol. The quantitative estimate of drug-likeness (QED) is 0.596. The van der Waals surface area contributed by atoms with Crippen molar-refractivity contribution < 1.29 is 4.74 Å². The summed E-state index contributed by atoms with van der Waals surface area (Å²) in [6.45, 7) is 2.95. The minimum atomic E-state index is 0.420. The molecule has 2 heterocycles. The van der Waals surface area contributed by atoms with Crippen LogP contribution in [0, 0.1) is 0 Å². The van der Waals surface area contributed by atoms with E-state index in [2.05, 4.69) is 27.4 Å². The van der Waals surface area contributed by atoms with E-state index in [-0.39, 0.29) is 0 Å². The average Bonchev–Trinajstić information content (AvgIpc) is 2.77. The molecule has 2 rings (SSSR count). The Bertz CT molecular complexity index is 483. The molecule has 0 amide bonds. The molecule has 0 radical (unpaired) electrons. The summed E-state index contributed by atoms with van der Waals surface area (Å²) in [5.41, 5.74) is 2.43. The van der Waals surface area contributed by atoms with Crippen molar-refractivity contribution in [1.29, 1.82) is 0 Å². The number of hydrogen-bond acceptors (Lipinski definition) is 6. The fraction of sp³-hybridized carbons (Fsp3) is 0.300. The molecule has 2 aromatic rings. The molecule has 0 aromatic carbocycles. The van der Waals surface area contributed by atoms with E-state index in [4.69, 9.17) is 10.6 Å². The normalized spacial score (nSPS) is 10.2. The molecular weight excluding hydrogens is 220 g/mol. The van der Waals surface area contributed by atoms with Crippen LogP contribution in [-0.4, -0.2) is 19.7 Å². The van der Waals surface area contributed by atoms with Gasteiger partial charge < -0.3 is 10.2 Å². The van der Waals surface area contributed by atoms with Gasteiger partial charge in [-0.25, -0.2) is 15.8 Å². The Kier molecular flexibility index (Phi) is 3.51. The van der Waals surface area contributed by atoms with Gasteiger partial charge in [0.05, 0.1) is 12.4 Å². The number of nitrogen functional groups attached to an aromatic ring is 1. The summed E-state index contributed by atoms with van der Waals surface area (Å²) in [7, 11) is 0. The van der Waals surface area contributed by atoms with Crippen LogP contribution in [0.1, 0.15) is 13.3 Å². The number of ether oxygens (including phenoxy) is 1. The summed E-state index contributed by atoms with van der Waals surface area (Å²) in [6, 6.07) is 1.61. The number of nitrogens with zero attached hydrogens (tertiary/aromatic N) is 4. The molecular formula is C10H14N6O. The molecule has 0 aliphatic carbocycles. The highest BCUT2D eigenvalue weighted by Gasteiger charge is 2.03. The number of hydrazine groups is 1. The fourth-order valence-corrected chi connectivity index (χ4v) is 1.34. The second-order valence-electron chi connectivity index (χ2n) is 3.43. The largest absolute Gasteiger partial charge is 0.436 e. The zero-order chi connectivity index (χ0) is 12.1. The van der Waals surface area contributed by atoms with Crippen molar-refractivity contribution in [3.63, 3.8) is 0 Å². The zero-order valence-corrected chi connectivity index (χ0v) is 9.50. The third kappa shape index (κ3) is 2.91. The monoisotopic (exact) mass is 234 g/mol. The molecule has 17 heavy (non-hydrogen) atoms. The van der Waals surface area contributed by atoms with E-state index in [1.54, 1.807) is 12.3 Å². The first-order chi connectivity index (χ1) is 8.31. The Hall–Kier alpha value is -2.15. The van der Waals surface area contributed by atoms with Gasteiger partial charge in [-0.1, -0.05) is 6.92 Å². The fourth-order valence-electron chi connectivity index (χ4n) is 1.34. The molecule has 3 N–H and O–H groups in total. The molecule has 0 saturated carbocycles. The van der Waals surface area contributed by atoms with Crippen LogP contribution < -0.4 is 16.0 Å². The molecule has 0 bridgehead atoms. The van der Waals surface area contributed by atoms with Crippen LogP contribution in [0.4, 0.5) is 5.82 Å². The number of aromatic nitrogens is 4. The second-order valence-corrected chi connectivity index (χ2v) is 3.43. The molecule has 0 aliphatic rings. The van der Waals surface area contributed by atoms with Crippen LogP contribution in [0.5, 0.6) is 11.6 Å². The van der Waals surface area contributed by atoms with Gasteiger partial charge in [0.25, 0.3) is 0 Å². The van der Waals surface area contributed by atoms with Gasteiger partial charge in [0.1, 0.15) is 12.1 Å². The summed E-state index contributed by atoms with van der Waals surface area (Å²) in [5, 5.41) is 4.15. The second kappa shape index (κ2) is 5.26. The first-order valence-corrected chi connectivity index (χ1v) is 5.30. The lowest BCUT2D eigenvalue weighted by Gasteiger charge is -2.02. The SMILES string of the molecule is CCCn1cc(Oc2cc(NN)ncn2)cn1. The number of nitrogens with one attached hydrogen (secondary N) is 1. The van der Waals surface area contributed by atoms with E-state index >= 15 is 0 Å². The zero-order valence-electron chi connectivity index (χ0n) is 9.50. The lowest BCUT2D eigenvalue weighted by molar-refractivity contribution is 0.460. The van der Waals surface area contributed by atoms with Gasteiger partial charge in [-0.15, -0.1) is 0 Å². The number of rotatable bonds is 5. The van der Waals surface area contributed by atoms with Crippen LogP contribution in [0.15, 0.2) is 24.8 Å². The molecule has 0 saturated heterocycles.